The largest absolute Gasteiger partial charge is 0.496 e. The van der Waals surface area contributed by atoms with Crippen LogP contribution >= 0.6 is 0 Å². The molecule has 0 spiro atoms. The van der Waals surface area contributed by atoms with Crippen LogP contribution in [0.3, 0.4) is 0 Å². The van der Waals surface area contributed by atoms with Gasteiger partial charge in [-0.2, -0.15) is 0 Å². The molecule has 0 radical (unpaired) electrons. The summed E-state index contributed by atoms with van der Waals surface area (Å²) >= 11 is 0. The average Bonchev–Trinajstić information content (AvgIpc) is 2.93. The van der Waals surface area contributed by atoms with Crippen molar-refractivity contribution >= 4 is 0 Å². The summed E-state index contributed by atoms with van der Waals surface area (Å²) in [6.07, 6.45) is 6.52. The normalized spacial score (nSPS) is 17.9. The predicted molar refractivity (Wildman–Crippen MR) is 76.1 cm³/mol. The summed E-state index contributed by atoms with van der Waals surface area (Å²) in [5.41, 5.74) is 2.73. The van der Waals surface area contributed by atoms with E-state index in [0.29, 0.717) is 6.04 Å². The molecule has 0 heterocycles. The van der Waals surface area contributed by atoms with Gasteiger partial charge in [-0.1, -0.05) is 31.9 Å². The van der Waals surface area contributed by atoms with Crippen LogP contribution in [0, 0.1) is 5.92 Å². The number of nitrogens with one attached hydrogen (secondary N) is 1. The Morgan fingerprint density at radius 2 is 2.06 bits per heavy atom. The van der Waals surface area contributed by atoms with Gasteiger partial charge in [-0.25, -0.2) is 0 Å². The molecule has 0 amide bonds. The zero-order chi connectivity index (χ0) is 13.0. The lowest BCUT2D eigenvalue weighted by molar-refractivity contribution is 0.387. The molecule has 1 atom stereocenters. The number of methoxy groups -OCH3 is 1. The number of rotatable bonds is 5. The highest BCUT2D eigenvalue weighted by atomic mass is 16.5. The Morgan fingerprint density at radius 3 is 2.61 bits per heavy atom. The van der Waals surface area contributed by atoms with E-state index < -0.39 is 0 Å². The molecule has 1 N–H and O–H groups in total. The molecule has 1 aliphatic rings. The van der Waals surface area contributed by atoms with Crippen molar-refractivity contribution < 1.29 is 4.74 Å². The molecule has 18 heavy (non-hydrogen) atoms. The van der Waals surface area contributed by atoms with E-state index in [-0.39, 0.29) is 0 Å². The third-order valence-electron chi connectivity index (χ3n) is 4.23. The Kier molecular flexibility index (Phi) is 4.65. The topological polar surface area (TPSA) is 21.3 Å². The zero-order valence-electron chi connectivity index (χ0n) is 11.8. The van der Waals surface area contributed by atoms with Crippen LogP contribution in [0.25, 0.3) is 0 Å². The van der Waals surface area contributed by atoms with Gasteiger partial charge in [-0.05, 0) is 49.4 Å². The molecule has 1 fully saturated rings. The first-order valence-corrected chi connectivity index (χ1v) is 7.14. The van der Waals surface area contributed by atoms with Crippen LogP contribution in [0.5, 0.6) is 5.75 Å². The Balaban J connectivity index is 2.24. The van der Waals surface area contributed by atoms with Crippen molar-refractivity contribution in [2.24, 2.45) is 5.92 Å². The van der Waals surface area contributed by atoms with Gasteiger partial charge in [-0.15, -0.1) is 0 Å². The molecule has 1 unspecified atom stereocenters. The number of ether oxygens (including phenoxy) is 1. The quantitative estimate of drug-likeness (QED) is 0.856. The summed E-state index contributed by atoms with van der Waals surface area (Å²) in [7, 11) is 3.83. The molecular formula is C16H25NO. The van der Waals surface area contributed by atoms with Gasteiger partial charge in [0.05, 0.1) is 7.11 Å². The standard InChI is InChI=1S/C16H25NO/c1-4-12-11-14(9-10-15(12)18-3)16(17-2)13-7-5-6-8-13/h9-11,13,16-17H,4-8H2,1-3H3. The third-order valence-corrected chi connectivity index (χ3v) is 4.23. The lowest BCUT2D eigenvalue weighted by atomic mass is 9.90. The second kappa shape index (κ2) is 6.24. The highest BCUT2D eigenvalue weighted by molar-refractivity contribution is 5.38. The van der Waals surface area contributed by atoms with Crippen LogP contribution in [0.4, 0.5) is 0 Å². The van der Waals surface area contributed by atoms with E-state index in [1.54, 1.807) is 7.11 Å². The van der Waals surface area contributed by atoms with Crippen LogP contribution in [-0.2, 0) is 6.42 Å². The van der Waals surface area contributed by atoms with E-state index in [2.05, 4.69) is 37.5 Å². The van der Waals surface area contributed by atoms with Gasteiger partial charge in [0.15, 0.2) is 0 Å². The maximum atomic E-state index is 5.41. The first-order chi connectivity index (χ1) is 8.80. The molecule has 2 heteroatoms. The van der Waals surface area contributed by atoms with Gasteiger partial charge < -0.3 is 10.1 Å². The fourth-order valence-corrected chi connectivity index (χ4v) is 3.23. The maximum Gasteiger partial charge on any atom is 0.122 e. The molecule has 2 nitrogen and oxygen atoms in total. The van der Waals surface area contributed by atoms with Gasteiger partial charge >= 0.3 is 0 Å². The molecule has 0 aliphatic heterocycles. The smallest absolute Gasteiger partial charge is 0.122 e. The molecule has 0 aromatic heterocycles. The highest BCUT2D eigenvalue weighted by Gasteiger charge is 2.25. The van der Waals surface area contributed by atoms with Gasteiger partial charge in [0, 0.05) is 6.04 Å². The second-order valence-electron chi connectivity index (χ2n) is 5.24. The van der Waals surface area contributed by atoms with E-state index in [9.17, 15) is 0 Å². The summed E-state index contributed by atoms with van der Waals surface area (Å²) in [6.45, 7) is 2.19. The van der Waals surface area contributed by atoms with Crippen molar-refractivity contribution in [2.45, 2.75) is 45.1 Å². The van der Waals surface area contributed by atoms with Crippen LogP contribution < -0.4 is 10.1 Å². The van der Waals surface area contributed by atoms with E-state index in [1.807, 2.05) is 0 Å². The molecule has 2 rings (SSSR count). The maximum absolute atomic E-state index is 5.41. The van der Waals surface area contributed by atoms with Gasteiger partial charge in [-0.3, -0.25) is 0 Å². The Labute approximate surface area is 111 Å². The third kappa shape index (κ3) is 2.69. The summed E-state index contributed by atoms with van der Waals surface area (Å²) in [4.78, 5) is 0. The van der Waals surface area contributed by atoms with E-state index >= 15 is 0 Å². The lowest BCUT2D eigenvalue weighted by Crippen LogP contribution is -2.23. The fraction of sp³-hybridized carbons (Fsp3) is 0.625. The van der Waals surface area contributed by atoms with Crippen LogP contribution in [0.1, 0.15) is 49.8 Å². The van der Waals surface area contributed by atoms with Crippen molar-refractivity contribution in [2.75, 3.05) is 14.2 Å². The molecule has 1 aromatic carbocycles. The average molecular weight is 247 g/mol. The molecule has 0 bridgehead atoms. The van der Waals surface area contributed by atoms with Crippen LogP contribution in [-0.4, -0.2) is 14.2 Å². The van der Waals surface area contributed by atoms with Crippen molar-refractivity contribution in [1.82, 2.24) is 5.32 Å². The lowest BCUT2D eigenvalue weighted by Gasteiger charge is -2.24. The van der Waals surface area contributed by atoms with Gasteiger partial charge in [0.1, 0.15) is 5.75 Å². The molecular weight excluding hydrogens is 222 g/mol. The fourth-order valence-electron chi connectivity index (χ4n) is 3.23. The number of hydrogen-bond donors (Lipinski definition) is 1. The molecule has 1 saturated carbocycles. The zero-order valence-corrected chi connectivity index (χ0v) is 11.8. The van der Waals surface area contributed by atoms with Crippen molar-refractivity contribution in [3.05, 3.63) is 29.3 Å². The van der Waals surface area contributed by atoms with E-state index in [0.717, 1.165) is 18.1 Å². The predicted octanol–water partition coefficient (Wildman–Crippen LogP) is 3.71. The molecule has 100 valence electrons. The van der Waals surface area contributed by atoms with Crippen molar-refractivity contribution in [3.8, 4) is 5.75 Å². The minimum atomic E-state index is 0.503. The van der Waals surface area contributed by atoms with Crippen molar-refractivity contribution in [3.63, 3.8) is 0 Å². The Morgan fingerprint density at radius 1 is 1.33 bits per heavy atom. The Hall–Kier alpha value is -1.02. The highest BCUT2D eigenvalue weighted by Crippen LogP contribution is 2.36. The molecule has 1 aromatic rings. The molecule has 1 aliphatic carbocycles. The van der Waals surface area contributed by atoms with E-state index in [1.165, 1.54) is 36.8 Å². The first-order valence-electron chi connectivity index (χ1n) is 7.14. The first kappa shape index (κ1) is 13.4. The molecule has 0 saturated heterocycles. The van der Waals surface area contributed by atoms with Gasteiger partial charge in [0.25, 0.3) is 0 Å². The van der Waals surface area contributed by atoms with Crippen molar-refractivity contribution in [1.29, 1.82) is 0 Å². The SMILES string of the molecule is CCc1cc(C(NC)C2CCCC2)ccc1OC. The monoisotopic (exact) mass is 247 g/mol. The van der Waals surface area contributed by atoms with Crippen LogP contribution in [0.15, 0.2) is 18.2 Å². The van der Waals surface area contributed by atoms with E-state index in [4.69, 9.17) is 4.74 Å². The van der Waals surface area contributed by atoms with Gasteiger partial charge in [0.2, 0.25) is 0 Å². The van der Waals surface area contributed by atoms with Crippen LogP contribution in [0.2, 0.25) is 0 Å². The Bertz CT molecular complexity index is 383. The minimum absolute atomic E-state index is 0.503. The number of hydrogen-bond acceptors (Lipinski definition) is 2. The second-order valence-corrected chi connectivity index (χ2v) is 5.24. The minimum Gasteiger partial charge on any atom is -0.496 e. The summed E-state index contributed by atoms with van der Waals surface area (Å²) < 4.78 is 5.41. The number of benzene rings is 1. The summed E-state index contributed by atoms with van der Waals surface area (Å²) in [6, 6.07) is 7.16. The summed E-state index contributed by atoms with van der Waals surface area (Å²) in [5, 5.41) is 3.51. The summed E-state index contributed by atoms with van der Waals surface area (Å²) in [5.74, 6) is 1.82. The number of aryl methyl sites for hydroxylation is 1.